The third kappa shape index (κ3) is 5.84. The zero-order valence-electron chi connectivity index (χ0n) is 11.8. The molecule has 0 radical (unpaired) electrons. The number of nitrogens with zero attached hydrogens (tertiary/aromatic N) is 3. The number of nitrogens with one attached hydrogen (secondary N) is 1. The third-order valence-corrected chi connectivity index (χ3v) is 2.69. The lowest BCUT2D eigenvalue weighted by Gasteiger charge is -2.23. The molecule has 0 aliphatic rings. The number of hydrogen-bond donors (Lipinski definition) is 1. The molecule has 4 heteroatoms. The molecule has 4 nitrogen and oxygen atoms in total. The maximum Gasteiger partial charge on any atom is 0.0534 e. The van der Waals surface area contributed by atoms with Crippen LogP contribution in [0.25, 0.3) is 0 Å². The fourth-order valence-corrected chi connectivity index (χ4v) is 2.06. The Balaban J connectivity index is 2.42. The SMILES string of the molecule is CC(C)CC(CN(C)C)NCc1cnn(C)c1. The van der Waals surface area contributed by atoms with Crippen LogP contribution in [0, 0.1) is 5.92 Å². The fraction of sp³-hybridized carbons (Fsp3) is 0.769. The predicted molar refractivity (Wildman–Crippen MR) is 71.8 cm³/mol. The first-order valence-electron chi connectivity index (χ1n) is 6.33. The zero-order valence-corrected chi connectivity index (χ0v) is 11.8. The molecule has 0 saturated carbocycles. The summed E-state index contributed by atoms with van der Waals surface area (Å²) >= 11 is 0. The van der Waals surface area contributed by atoms with E-state index in [1.165, 1.54) is 12.0 Å². The molecular formula is C13H26N4. The Labute approximate surface area is 105 Å². The molecule has 0 amide bonds. The molecule has 0 aliphatic carbocycles. The fourth-order valence-electron chi connectivity index (χ4n) is 2.06. The second-order valence-corrected chi connectivity index (χ2v) is 5.49. The normalized spacial score (nSPS) is 13.6. The summed E-state index contributed by atoms with van der Waals surface area (Å²) in [6.45, 7) is 6.53. The van der Waals surface area contributed by atoms with Crippen molar-refractivity contribution >= 4 is 0 Å². The van der Waals surface area contributed by atoms with Gasteiger partial charge < -0.3 is 10.2 Å². The predicted octanol–water partition coefficient (Wildman–Crippen LogP) is 1.49. The van der Waals surface area contributed by atoms with Gasteiger partial charge in [-0.05, 0) is 26.4 Å². The van der Waals surface area contributed by atoms with Gasteiger partial charge >= 0.3 is 0 Å². The molecule has 0 fully saturated rings. The van der Waals surface area contributed by atoms with E-state index in [9.17, 15) is 0 Å². The summed E-state index contributed by atoms with van der Waals surface area (Å²) in [6.07, 6.45) is 5.20. The van der Waals surface area contributed by atoms with E-state index >= 15 is 0 Å². The highest BCUT2D eigenvalue weighted by Crippen LogP contribution is 2.07. The van der Waals surface area contributed by atoms with Crippen molar-refractivity contribution in [1.29, 1.82) is 0 Å². The molecule has 1 aromatic rings. The van der Waals surface area contributed by atoms with Gasteiger partial charge in [0.25, 0.3) is 0 Å². The quantitative estimate of drug-likeness (QED) is 0.781. The van der Waals surface area contributed by atoms with Crippen LogP contribution in [-0.4, -0.2) is 41.4 Å². The van der Waals surface area contributed by atoms with Crippen LogP contribution >= 0.6 is 0 Å². The van der Waals surface area contributed by atoms with Crippen LogP contribution < -0.4 is 5.32 Å². The number of aromatic nitrogens is 2. The molecule has 1 unspecified atom stereocenters. The molecule has 1 rings (SSSR count). The Morgan fingerprint density at radius 3 is 2.59 bits per heavy atom. The lowest BCUT2D eigenvalue weighted by molar-refractivity contribution is 0.305. The van der Waals surface area contributed by atoms with Gasteiger partial charge in [0.05, 0.1) is 6.20 Å². The van der Waals surface area contributed by atoms with Crippen molar-refractivity contribution in [1.82, 2.24) is 20.0 Å². The average molecular weight is 238 g/mol. The number of hydrogen-bond acceptors (Lipinski definition) is 3. The van der Waals surface area contributed by atoms with Crippen LogP contribution in [0.3, 0.4) is 0 Å². The van der Waals surface area contributed by atoms with E-state index in [0.717, 1.165) is 19.0 Å². The second kappa shape index (κ2) is 6.77. The number of aryl methyl sites for hydroxylation is 1. The Hall–Kier alpha value is -0.870. The minimum absolute atomic E-state index is 0.546. The topological polar surface area (TPSA) is 33.1 Å². The first-order valence-corrected chi connectivity index (χ1v) is 6.33. The van der Waals surface area contributed by atoms with Gasteiger partial charge in [-0.2, -0.15) is 5.10 Å². The van der Waals surface area contributed by atoms with Crippen LogP contribution in [0.15, 0.2) is 12.4 Å². The maximum absolute atomic E-state index is 4.18. The molecule has 1 aromatic heterocycles. The smallest absolute Gasteiger partial charge is 0.0534 e. The van der Waals surface area contributed by atoms with Crippen LogP contribution in [0.5, 0.6) is 0 Å². The van der Waals surface area contributed by atoms with Crippen molar-refractivity contribution in [3.05, 3.63) is 18.0 Å². The molecule has 17 heavy (non-hydrogen) atoms. The minimum Gasteiger partial charge on any atom is -0.309 e. The van der Waals surface area contributed by atoms with Gasteiger partial charge in [-0.25, -0.2) is 0 Å². The maximum atomic E-state index is 4.18. The van der Waals surface area contributed by atoms with E-state index in [1.807, 2.05) is 17.9 Å². The van der Waals surface area contributed by atoms with Crippen LogP contribution in [0.2, 0.25) is 0 Å². The van der Waals surface area contributed by atoms with E-state index in [1.54, 1.807) is 0 Å². The highest BCUT2D eigenvalue weighted by Gasteiger charge is 2.11. The van der Waals surface area contributed by atoms with E-state index in [4.69, 9.17) is 0 Å². The molecule has 0 spiro atoms. The Morgan fingerprint density at radius 2 is 2.12 bits per heavy atom. The van der Waals surface area contributed by atoms with Crippen LogP contribution in [0.1, 0.15) is 25.8 Å². The average Bonchev–Trinajstić information content (AvgIpc) is 2.59. The summed E-state index contributed by atoms with van der Waals surface area (Å²) in [5, 5.41) is 7.80. The standard InChI is InChI=1S/C13H26N4/c1-11(2)6-13(10-16(3)4)14-7-12-8-15-17(5)9-12/h8-9,11,13-14H,6-7,10H2,1-5H3. The molecular weight excluding hydrogens is 212 g/mol. The van der Waals surface area contributed by atoms with Crippen molar-refractivity contribution < 1.29 is 0 Å². The van der Waals surface area contributed by atoms with E-state index in [2.05, 4.69) is 49.5 Å². The van der Waals surface area contributed by atoms with Gasteiger partial charge in [-0.3, -0.25) is 4.68 Å². The van der Waals surface area contributed by atoms with Gasteiger partial charge in [0.2, 0.25) is 0 Å². The summed E-state index contributed by atoms with van der Waals surface area (Å²) in [5.41, 5.74) is 1.25. The Kier molecular flexibility index (Phi) is 5.65. The Bertz CT molecular complexity index is 307. The molecule has 1 atom stereocenters. The van der Waals surface area contributed by atoms with Crippen LogP contribution in [-0.2, 0) is 13.6 Å². The van der Waals surface area contributed by atoms with Crippen LogP contribution in [0.4, 0.5) is 0 Å². The second-order valence-electron chi connectivity index (χ2n) is 5.49. The zero-order chi connectivity index (χ0) is 12.8. The van der Waals surface area contributed by atoms with Crippen molar-refractivity contribution in [3.63, 3.8) is 0 Å². The summed E-state index contributed by atoms with van der Waals surface area (Å²) < 4.78 is 1.85. The molecule has 98 valence electrons. The molecule has 0 saturated heterocycles. The monoisotopic (exact) mass is 238 g/mol. The van der Waals surface area contributed by atoms with Crippen molar-refractivity contribution in [3.8, 4) is 0 Å². The van der Waals surface area contributed by atoms with Gasteiger partial charge in [0.15, 0.2) is 0 Å². The summed E-state index contributed by atoms with van der Waals surface area (Å²) in [6, 6.07) is 0.546. The lowest BCUT2D eigenvalue weighted by atomic mass is 10.0. The highest BCUT2D eigenvalue weighted by atomic mass is 15.2. The Morgan fingerprint density at radius 1 is 1.41 bits per heavy atom. The number of likely N-dealkylation sites (N-methyl/N-ethyl adjacent to an activating group) is 1. The lowest BCUT2D eigenvalue weighted by Crippen LogP contribution is -2.38. The van der Waals surface area contributed by atoms with Crippen molar-refractivity contribution in [2.75, 3.05) is 20.6 Å². The van der Waals surface area contributed by atoms with Gasteiger partial charge in [0.1, 0.15) is 0 Å². The highest BCUT2D eigenvalue weighted by molar-refractivity contribution is 5.03. The summed E-state index contributed by atoms with van der Waals surface area (Å²) in [4.78, 5) is 2.24. The van der Waals surface area contributed by atoms with Gasteiger partial charge in [0, 0.05) is 37.9 Å². The van der Waals surface area contributed by atoms with E-state index < -0.39 is 0 Å². The molecule has 0 bridgehead atoms. The van der Waals surface area contributed by atoms with Gasteiger partial charge in [-0.1, -0.05) is 13.8 Å². The van der Waals surface area contributed by atoms with E-state index in [0.29, 0.717) is 6.04 Å². The third-order valence-electron chi connectivity index (χ3n) is 2.69. The summed E-state index contributed by atoms with van der Waals surface area (Å²) in [7, 11) is 6.20. The molecule has 0 aliphatic heterocycles. The molecule has 1 N–H and O–H groups in total. The van der Waals surface area contributed by atoms with Gasteiger partial charge in [-0.15, -0.1) is 0 Å². The van der Waals surface area contributed by atoms with Crippen molar-refractivity contribution in [2.24, 2.45) is 13.0 Å². The van der Waals surface area contributed by atoms with E-state index in [-0.39, 0.29) is 0 Å². The number of rotatable bonds is 7. The molecule has 0 aromatic carbocycles. The largest absolute Gasteiger partial charge is 0.309 e. The minimum atomic E-state index is 0.546. The first kappa shape index (κ1) is 14.2. The first-order chi connectivity index (χ1) is 7.97. The van der Waals surface area contributed by atoms with Crippen molar-refractivity contribution in [2.45, 2.75) is 32.9 Å². The molecule has 1 heterocycles. The summed E-state index contributed by atoms with van der Waals surface area (Å²) in [5.74, 6) is 0.723.